The summed E-state index contributed by atoms with van der Waals surface area (Å²) in [5.74, 6) is 0.776. The average Bonchev–Trinajstić information content (AvgIpc) is 2.55. The molecule has 0 unspecified atom stereocenters. The number of aromatic nitrogens is 4. The Morgan fingerprint density at radius 2 is 2.36 bits per heavy atom. The topological polar surface area (TPSA) is 54.5 Å². The molecule has 1 aliphatic carbocycles. The van der Waals surface area contributed by atoms with Crippen LogP contribution in [0.15, 0.2) is 17.7 Å². The molecule has 0 aromatic carbocycles. The van der Waals surface area contributed by atoms with Crippen molar-refractivity contribution in [3.63, 3.8) is 0 Å². The maximum atomic E-state index is 3.81. The zero-order valence-corrected chi connectivity index (χ0v) is 6.20. The van der Waals surface area contributed by atoms with E-state index in [4.69, 9.17) is 0 Å². The van der Waals surface area contributed by atoms with Crippen molar-refractivity contribution in [3.05, 3.63) is 23.5 Å². The highest BCUT2D eigenvalue weighted by atomic mass is 15.5. The fourth-order valence-electron chi connectivity index (χ4n) is 1.12. The molecule has 1 N–H and O–H groups in total. The van der Waals surface area contributed by atoms with Gasteiger partial charge in [0.15, 0.2) is 5.82 Å². The van der Waals surface area contributed by atoms with Crippen molar-refractivity contribution >= 4 is 5.57 Å². The van der Waals surface area contributed by atoms with E-state index in [0.29, 0.717) is 0 Å². The number of allylic oxidation sites excluding steroid dienone is 4. The Morgan fingerprint density at radius 3 is 2.91 bits per heavy atom. The van der Waals surface area contributed by atoms with Gasteiger partial charge >= 0.3 is 0 Å². The van der Waals surface area contributed by atoms with Gasteiger partial charge < -0.3 is 0 Å². The summed E-state index contributed by atoms with van der Waals surface area (Å²) in [5.41, 5.74) is 2.50. The fourth-order valence-corrected chi connectivity index (χ4v) is 1.12. The van der Waals surface area contributed by atoms with Crippen molar-refractivity contribution in [2.45, 2.75) is 13.3 Å². The summed E-state index contributed by atoms with van der Waals surface area (Å²) in [6, 6.07) is 0. The molecule has 0 bridgehead atoms. The van der Waals surface area contributed by atoms with Crippen LogP contribution in [-0.2, 0) is 0 Å². The molecule has 2 rings (SSSR count). The molecule has 0 fully saturated rings. The molecule has 1 aliphatic rings. The molecule has 1 heterocycles. The lowest BCUT2D eigenvalue weighted by Crippen LogP contribution is -1.85. The molecule has 4 nitrogen and oxygen atoms in total. The van der Waals surface area contributed by atoms with Gasteiger partial charge in [-0.3, -0.25) is 0 Å². The Bertz CT molecular complexity index is 307. The second kappa shape index (κ2) is 2.30. The SMILES string of the molecule is CC1=CC=C(c2nnn[nH]2)C1. The molecule has 0 saturated heterocycles. The second-order valence-corrected chi connectivity index (χ2v) is 2.63. The van der Waals surface area contributed by atoms with Crippen molar-refractivity contribution in [3.8, 4) is 0 Å². The molecular weight excluding hydrogens is 140 g/mol. The predicted molar refractivity (Wildman–Crippen MR) is 40.5 cm³/mol. The molecule has 56 valence electrons. The summed E-state index contributed by atoms with van der Waals surface area (Å²) in [6.45, 7) is 2.09. The van der Waals surface area contributed by atoms with Crippen molar-refractivity contribution < 1.29 is 0 Å². The van der Waals surface area contributed by atoms with Crippen LogP contribution in [0.1, 0.15) is 19.2 Å². The molecule has 0 amide bonds. The first-order valence-corrected chi connectivity index (χ1v) is 3.47. The zero-order chi connectivity index (χ0) is 7.68. The molecule has 0 radical (unpaired) electrons. The smallest absolute Gasteiger partial charge is 0.175 e. The number of H-pyrrole nitrogens is 1. The van der Waals surface area contributed by atoms with E-state index >= 15 is 0 Å². The van der Waals surface area contributed by atoms with E-state index in [2.05, 4.69) is 33.6 Å². The van der Waals surface area contributed by atoms with Crippen molar-refractivity contribution in [1.82, 2.24) is 20.6 Å². The molecule has 11 heavy (non-hydrogen) atoms. The normalized spacial score (nSPS) is 16.5. The molecule has 0 spiro atoms. The van der Waals surface area contributed by atoms with Crippen LogP contribution in [-0.4, -0.2) is 20.6 Å². The van der Waals surface area contributed by atoms with E-state index in [1.807, 2.05) is 6.08 Å². The molecule has 1 aromatic rings. The predicted octanol–water partition coefficient (Wildman–Crippen LogP) is 0.933. The summed E-state index contributed by atoms with van der Waals surface area (Å²) < 4.78 is 0. The van der Waals surface area contributed by atoms with Gasteiger partial charge in [0.25, 0.3) is 0 Å². The second-order valence-electron chi connectivity index (χ2n) is 2.63. The monoisotopic (exact) mass is 148 g/mol. The quantitative estimate of drug-likeness (QED) is 0.644. The first-order valence-electron chi connectivity index (χ1n) is 3.47. The van der Waals surface area contributed by atoms with Gasteiger partial charge in [0.1, 0.15) is 0 Å². The van der Waals surface area contributed by atoms with Gasteiger partial charge in [-0.2, -0.15) is 0 Å². The number of rotatable bonds is 1. The first-order chi connectivity index (χ1) is 5.36. The number of hydrogen-bond donors (Lipinski definition) is 1. The Labute approximate surface area is 64.0 Å². The summed E-state index contributed by atoms with van der Waals surface area (Å²) >= 11 is 0. The summed E-state index contributed by atoms with van der Waals surface area (Å²) in [6.07, 6.45) is 5.08. The minimum Gasteiger partial charge on any atom is -0.239 e. The average molecular weight is 148 g/mol. The lowest BCUT2D eigenvalue weighted by molar-refractivity contribution is 0.881. The van der Waals surface area contributed by atoms with Crippen molar-refractivity contribution in [2.75, 3.05) is 0 Å². The van der Waals surface area contributed by atoms with Crippen LogP contribution in [0.5, 0.6) is 0 Å². The van der Waals surface area contributed by atoms with Crippen LogP contribution in [0.25, 0.3) is 5.57 Å². The third kappa shape index (κ3) is 1.07. The van der Waals surface area contributed by atoms with E-state index < -0.39 is 0 Å². The van der Waals surface area contributed by atoms with E-state index in [9.17, 15) is 0 Å². The molecule has 0 saturated carbocycles. The van der Waals surface area contributed by atoms with Gasteiger partial charge in [-0.15, -0.1) is 5.10 Å². The van der Waals surface area contributed by atoms with Crippen LogP contribution in [0.3, 0.4) is 0 Å². The largest absolute Gasteiger partial charge is 0.239 e. The highest BCUT2D eigenvalue weighted by Crippen LogP contribution is 2.23. The van der Waals surface area contributed by atoms with Gasteiger partial charge in [-0.1, -0.05) is 17.7 Å². The lowest BCUT2D eigenvalue weighted by atomic mass is 10.2. The Balaban J connectivity index is 2.23. The molecule has 1 aromatic heterocycles. The number of nitrogens with zero attached hydrogens (tertiary/aromatic N) is 3. The van der Waals surface area contributed by atoms with E-state index in [1.54, 1.807) is 0 Å². The van der Waals surface area contributed by atoms with Gasteiger partial charge in [-0.05, 0) is 23.8 Å². The standard InChI is InChI=1S/C7H8N4/c1-5-2-3-6(4-5)7-8-10-11-9-7/h2-3H,4H2,1H3,(H,8,9,10,11). The summed E-state index contributed by atoms with van der Waals surface area (Å²) in [7, 11) is 0. The molecule has 4 heteroatoms. The van der Waals surface area contributed by atoms with Gasteiger partial charge in [-0.25, -0.2) is 5.10 Å². The number of nitrogens with one attached hydrogen (secondary N) is 1. The zero-order valence-electron chi connectivity index (χ0n) is 6.20. The first kappa shape index (κ1) is 6.27. The minimum absolute atomic E-state index is 0.776. The highest BCUT2D eigenvalue weighted by molar-refractivity contribution is 5.67. The Hall–Kier alpha value is -1.45. The summed E-state index contributed by atoms with van der Waals surface area (Å²) in [4.78, 5) is 0. The van der Waals surface area contributed by atoms with E-state index in [-0.39, 0.29) is 0 Å². The minimum atomic E-state index is 0.776. The number of tetrazole rings is 1. The van der Waals surface area contributed by atoms with E-state index in [0.717, 1.165) is 17.8 Å². The lowest BCUT2D eigenvalue weighted by Gasteiger charge is -1.93. The number of aromatic amines is 1. The van der Waals surface area contributed by atoms with Crippen LogP contribution >= 0.6 is 0 Å². The summed E-state index contributed by atoms with van der Waals surface area (Å²) in [5, 5.41) is 13.6. The van der Waals surface area contributed by atoms with Gasteiger partial charge in [0.05, 0.1) is 0 Å². The van der Waals surface area contributed by atoms with Crippen molar-refractivity contribution in [2.24, 2.45) is 0 Å². The number of hydrogen-bond acceptors (Lipinski definition) is 3. The Morgan fingerprint density at radius 1 is 1.45 bits per heavy atom. The maximum Gasteiger partial charge on any atom is 0.175 e. The highest BCUT2D eigenvalue weighted by Gasteiger charge is 2.09. The van der Waals surface area contributed by atoms with Gasteiger partial charge in [0, 0.05) is 5.57 Å². The van der Waals surface area contributed by atoms with Crippen LogP contribution in [0.2, 0.25) is 0 Å². The van der Waals surface area contributed by atoms with E-state index in [1.165, 1.54) is 5.57 Å². The fraction of sp³-hybridized carbons (Fsp3) is 0.286. The van der Waals surface area contributed by atoms with Crippen LogP contribution in [0, 0.1) is 0 Å². The third-order valence-electron chi connectivity index (χ3n) is 1.69. The molecule has 0 atom stereocenters. The Kier molecular flexibility index (Phi) is 1.31. The van der Waals surface area contributed by atoms with Crippen LogP contribution < -0.4 is 0 Å². The molecule has 0 aliphatic heterocycles. The van der Waals surface area contributed by atoms with Crippen molar-refractivity contribution in [1.29, 1.82) is 0 Å². The third-order valence-corrected chi connectivity index (χ3v) is 1.69. The molecular formula is C7H8N4. The maximum absolute atomic E-state index is 3.81. The van der Waals surface area contributed by atoms with Gasteiger partial charge in [0.2, 0.25) is 0 Å². The van der Waals surface area contributed by atoms with Crippen LogP contribution in [0.4, 0.5) is 0 Å².